The van der Waals surface area contributed by atoms with Crippen molar-refractivity contribution in [2.45, 2.75) is 51.1 Å². The summed E-state index contributed by atoms with van der Waals surface area (Å²) >= 11 is 0. The van der Waals surface area contributed by atoms with Crippen LogP contribution in [0.5, 0.6) is 0 Å². The summed E-state index contributed by atoms with van der Waals surface area (Å²) in [6.07, 6.45) is 5.97. The average molecular weight is 258 g/mol. The van der Waals surface area contributed by atoms with Crippen LogP contribution < -0.4 is 10.6 Å². The first-order valence-corrected chi connectivity index (χ1v) is 7.39. The van der Waals surface area contributed by atoms with Gasteiger partial charge >= 0.3 is 0 Å². The highest BCUT2D eigenvalue weighted by Crippen LogP contribution is 2.28. The van der Waals surface area contributed by atoms with Crippen LogP contribution in [0, 0.1) is 5.92 Å². The van der Waals surface area contributed by atoms with Crippen LogP contribution in [0.1, 0.15) is 38.2 Å². The topological polar surface area (TPSA) is 41.1 Å². The Hall–Kier alpha value is -1.51. The lowest BCUT2D eigenvalue weighted by Gasteiger charge is -2.22. The van der Waals surface area contributed by atoms with Crippen molar-refractivity contribution in [1.29, 1.82) is 0 Å². The third-order valence-corrected chi connectivity index (χ3v) is 4.56. The molecule has 0 saturated heterocycles. The van der Waals surface area contributed by atoms with Crippen LogP contribution >= 0.6 is 0 Å². The van der Waals surface area contributed by atoms with Gasteiger partial charge in [-0.1, -0.05) is 31.0 Å². The van der Waals surface area contributed by atoms with E-state index in [-0.39, 0.29) is 11.9 Å². The molecule has 1 aromatic carbocycles. The van der Waals surface area contributed by atoms with Gasteiger partial charge in [-0.05, 0) is 37.3 Å². The second-order valence-electron chi connectivity index (χ2n) is 5.90. The maximum absolute atomic E-state index is 12.3. The van der Waals surface area contributed by atoms with E-state index in [4.69, 9.17) is 0 Å². The Labute approximate surface area is 114 Å². The lowest BCUT2D eigenvalue weighted by Crippen LogP contribution is -2.45. The third kappa shape index (κ3) is 2.60. The molecule has 0 bridgehead atoms. The van der Waals surface area contributed by atoms with Crippen LogP contribution in [-0.2, 0) is 11.2 Å². The average Bonchev–Trinajstić information content (AvgIpc) is 3.07. The molecule has 3 heteroatoms. The fourth-order valence-electron chi connectivity index (χ4n) is 3.36. The summed E-state index contributed by atoms with van der Waals surface area (Å²) in [5.41, 5.74) is 2.35. The van der Waals surface area contributed by atoms with Crippen molar-refractivity contribution in [2.75, 3.05) is 5.32 Å². The van der Waals surface area contributed by atoms with Gasteiger partial charge in [0, 0.05) is 18.2 Å². The molecule has 19 heavy (non-hydrogen) atoms. The molecule has 0 spiro atoms. The van der Waals surface area contributed by atoms with Crippen molar-refractivity contribution in [3.63, 3.8) is 0 Å². The van der Waals surface area contributed by atoms with Gasteiger partial charge in [0.2, 0.25) is 5.91 Å². The molecular formula is C16H22N2O. The van der Waals surface area contributed by atoms with E-state index in [1.165, 1.54) is 31.2 Å². The molecule has 102 valence electrons. The second-order valence-corrected chi connectivity index (χ2v) is 5.90. The largest absolute Gasteiger partial charge is 0.373 e. The van der Waals surface area contributed by atoms with Gasteiger partial charge in [-0.25, -0.2) is 0 Å². The SMILES string of the molecule is CC(NC(=O)C1Cc2ccccc2N1)C1CCCC1. The summed E-state index contributed by atoms with van der Waals surface area (Å²) in [6.45, 7) is 2.15. The van der Waals surface area contributed by atoms with Gasteiger partial charge in [0.25, 0.3) is 0 Å². The molecule has 1 saturated carbocycles. The highest BCUT2D eigenvalue weighted by molar-refractivity contribution is 5.87. The number of fused-ring (bicyclic) bond motifs is 1. The lowest BCUT2D eigenvalue weighted by molar-refractivity contribution is -0.122. The second kappa shape index (κ2) is 5.24. The number of rotatable bonds is 3. The van der Waals surface area contributed by atoms with E-state index < -0.39 is 0 Å². The summed E-state index contributed by atoms with van der Waals surface area (Å²) in [7, 11) is 0. The Morgan fingerprint density at radius 2 is 2.05 bits per heavy atom. The molecule has 1 fully saturated rings. The number of para-hydroxylation sites is 1. The maximum atomic E-state index is 12.3. The molecule has 2 aliphatic rings. The van der Waals surface area contributed by atoms with E-state index in [1.807, 2.05) is 18.2 Å². The summed E-state index contributed by atoms with van der Waals surface area (Å²) in [6, 6.07) is 8.38. The Balaban J connectivity index is 1.57. The van der Waals surface area contributed by atoms with Crippen molar-refractivity contribution < 1.29 is 4.79 Å². The molecule has 1 aliphatic heterocycles. The van der Waals surface area contributed by atoms with Gasteiger partial charge in [0.15, 0.2) is 0 Å². The number of hydrogen-bond donors (Lipinski definition) is 2. The molecule has 1 heterocycles. The third-order valence-electron chi connectivity index (χ3n) is 4.56. The number of amides is 1. The Morgan fingerprint density at radius 1 is 1.32 bits per heavy atom. The molecule has 1 aliphatic carbocycles. The molecule has 0 aromatic heterocycles. The molecular weight excluding hydrogens is 236 g/mol. The minimum atomic E-state index is -0.0961. The molecule has 3 nitrogen and oxygen atoms in total. The molecule has 1 aromatic rings. The predicted molar refractivity (Wildman–Crippen MR) is 77.1 cm³/mol. The lowest BCUT2D eigenvalue weighted by atomic mass is 9.99. The molecule has 2 unspecified atom stereocenters. The number of carbonyl (C=O) groups excluding carboxylic acids is 1. The van der Waals surface area contributed by atoms with Gasteiger partial charge in [-0.3, -0.25) is 4.79 Å². The molecule has 1 amide bonds. The summed E-state index contributed by atoms with van der Waals surface area (Å²) in [5, 5.41) is 6.52. The van der Waals surface area contributed by atoms with Crippen molar-refractivity contribution >= 4 is 11.6 Å². The Kier molecular flexibility index (Phi) is 3.45. The Morgan fingerprint density at radius 3 is 2.79 bits per heavy atom. The van der Waals surface area contributed by atoms with Gasteiger partial charge in [-0.2, -0.15) is 0 Å². The normalized spacial score (nSPS) is 23.7. The summed E-state index contributed by atoms with van der Waals surface area (Å²) < 4.78 is 0. The van der Waals surface area contributed by atoms with Gasteiger partial charge in [0.05, 0.1) is 0 Å². The monoisotopic (exact) mass is 258 g/mol. The van der Waals surface area contributed by atoms with E-state index in [2.05, 4.69) is 23.6 Å². The van der Waals surface area contributed by atoms with E-state index in [9.17, 15) is 4.79 Å². The highest BCUT2D eigenvalue weighted by atomic mass is 16.2. The van der Waals surface area contributed by atoms with Crippen molar-refractivity contribution in [3.8, 4) is 0 Å². The van der Waals surface area contributed by atoms with Crippen molar-refractivity contribution in [2.24, 2.45) is 5.92 Å². The fourth-order valence-corrected chi connectivity index (χ4v) is 3.36. The first-order chi connectivity index (χ1) is 9.24. The first-order valence-electron chi connectivity index (χ1n) is 7.39. The fraction of sp³-hybridized carbons (Fsp3) is 0.562. The van der Waals surface area contributed by atoms with Gasteiger partial charge < -0.3 is 10.6 Å². The van der Waals surface area contributed by atoms with Crippen LogP contribution in [0.3, 0.4) is 0 Å². The number of nitrogens with one attached hydrogen (secondary N) is 2. The molecule has 2 N–H and O–H groups in total. The number of anilines is 1. The van der Waals surface area contributed by atoms with Crippen LogP contribution in [0.2, 0.25) is 0 Å². The smallest absolute Gasteiger partial charge is 0.243 e. The van der Waals surface area contributed by atoms with Gasteiger partial charge in [-0.15, -0.1) is 0 Å². The molecule has 2 atom stereocenters. The number of carbonyl (C=O) groups is 1. The van der Waals surface area contributed by atoms with Crippen LogP contribution in [0.25, 0.3) is 0 Å². The van der Waals surface area contributed by atoms with E-state index in [0.29, 0.717) is 12.0 Å². The minimum absolute atomic E-state index is 0.0961. The Bertz CT molecular complexity index is 441. The predicted octanol–water partition coefficient (Wildman–Crippen LogP) is 2.72. The standard InChI is InChI=1S/C16H22N2O/c1-11(12-6-2-3-7-12)17-16(19)15-10-13-8-4-5-9-14(13)18-15/h4-5,8-9,11-12,15,18H,2-3,6-7,10H2,1H3,(H,17,19). The maximum Gasteiger partial charge on any atom is 0.243 e. The number of benzene rings is 1. The zero-order valence-corrected chi connectivity index (χ0v) is 11.5. The zero-order valence-electron chi connectivity index (χ0n) is 11.5. The van der Waals surface area contributed by atoms with Crippen molar-refractivity contribution in [1.82, 2.24) is 5.32 Å². The molecule has 0 radical (unpaired) electrons. The van der Waals surface area contributed by atoms with E-state index in [1.54, 1.807) is 0 Å². The summed E-state index contributed by atoms with van der Waals surface area (Å²) in [4.78, 5) is 12.3. The van der Waals surface area contributed by atoms with E-state index in [0.717, 1.165) is 12.1 Å². The van der Waals surface area contributed by atoms with Crippen LogP contribution in [0.15, 0.2) is 24.3 Å². The van der Waals surface area contributed by atoms with Crippen molar-refractivity contribution in [3.05, 3.63) is 29.8 Å². The van der Waals surface area contributed by atoms with Crippen LogP contribution in [-0.4, -0.2) is 18.0 Å². The zero-order chi connectivity index (χ0) is 13.2. The quantitative estimate of drug-likeness (QED) is 0.875. The number of hydrogen-bond acceptors (Lipinski definition) is 2. The minimum Gasteiger partial charge on any atom is -0.373 e. The molecule has 3 rings (SSSR count). The summed E-state index contributed by atoms with van der Waals surface area (Å²) in [5.74, 6) is 0.823. The highest BCUT2D eigenvalue weighted by Gasteiger charge is 2.29. The van der Waals surface area contributed by atoms with Gasteiger partial charge in [0.1, 0.15) is 6.04 Å². The first kappa shape index (κ1) is 12.5. The van der Waals surface area contributed by atoms with E-state index >= 15 is 0 Å². The van der Waals surface area contributed by atoms with Crippen LogP contribution in [0.4, 0.5) is 5.69 Å².